The fourth-order valence-corrected chi connectivity index (χ4v) is 9.43. The zero-order chi connectivity index (χ0) is 29.8. The van der Waals surface area contributed by atoms with Crippen molar-refractivity contribution in [1.29, 1.82) is 0 Å². The number of carbonyl (C=O) groups excluding carboxylic acids is 2. The zero-order valence-electron chi connectivity index (χ0n) is 23.0. The summed E-state index contributed by atoms with van der Waals surface area (Å²) in [6.45, 7) is 14.0. The molecule has 0 aromatic carbocycles. The summed E-state index contributed by atoms with van der Waals surface area (Å²) < 4.78 is 11.7. The number of esters is 2. The van der Waals surface area contributed by atoms with E-state index in [-0.39, 0.29) is 11.1 Å². The number of hydrogen-bond donors (Lipinski definition) is 2. The summed E-state index contributed by atoms with van der Waals surface area (Å²) in [6, 6.07) is 7.86. The molecule has 0 spiro atoms. The van der Waals surface area contributed by atoms with Crippen molar-refractivity contribution >= 4 is 69.0 Å². The van der Waals surface area contributed by atoms with Crippen molar-refractivity contribution in [2.24, 2.45) is 0 Å². The lowest BCUT2D eigenvalue weighted by Gasteiger charge is -2.13. The van der Waals surface area contributed by atoms with E-state index in [0.717, 1.165) is 30.6 Å². The lowest BCUT2D eigenvalue weighted by molar-refractivity contribution is -0.130. The minimum absolute atomic E-state index is 0.255. The molecule has 0 radical (unpaired) electrons. The van der Waals surface area contributed by atoms with E-state index in [1.165, 1.54) is 34.4 Å². The lowest BCUT2D eigenvalue weighted by Crippen LogP contribution is -2.10. The number of hydrogen-bond acceptors (Lipinski definition) is 11. The molecule has 0 saturated carbocycles. The van der Waals surface area contributed by atoms with E-state index >= 15 is 0 Å². The van der Waals surface area contributed by atoms with Crippen molar-refractivity contribution in [2.75, 3.05) is 0 Å². The highest BCUT2D eigenvalue weighted by molar-refractivity contribution is 8.00. The fraction of sp³-hybridized carbons (Fsp3) is 0.267. The topological polar surface area (TPSA) is 93.1 Å². The van der Waals surface area contributed by atoms with Crippen LogP contribution in [0.4, 0.5) is 0 Å². The highest BCUT2D eigenvalue weighted by atomic mass is 32.2. The second kappa shape index (κ2) is 13.6. The van der Waals surface area contributed by atoms with Crippen LogP contribution in [0.5, 0.6) is 10.1 Å². The summed E-state index contributed by atoms with van der Waals surface area (Å²) in [5.74, 6) is -1.12. The molecule has 0 amide bonds. The van der Waals surface area contributed by atoms with Crippen molar-refractivity contribution in [3.05, 3.63) is 70.5 Å². The highest BCUT2D eigenvalue weighted by Crippen LogP contribution is 2.56. The van der Waals surface area contributed by atoms with Gasteiger partial charge in [-0.2, -0.15) is 0 Å². The molecule has 4 aromatic heterocycles. The Kier molecular flexibility index (Phi) is 10.5. The summed E-state index contributed by atoms with van der Waals surface area (Å²) in [4.78, 5) is 30.5. The Morgan fingerprint density at radius 2 is 1.20 bits per heavy atom. The third-order valence-electron chi connectivity index (χ3n) is 5.62. The van der Waals surface area contributed by atoms with Crippen molar-refractivity contribution in [1.82, 2.24) is 0 Å². The standard InChI is InChI=1S/C30H30O6S5/c1-15(2)27(33)35-29-25(19(13-17(5)31)23(40-29)21-9-7-11-37-21)39-26-20(14-18(6)32)24(22-10-8-12-38-22)41-30(26)36-28(34)16(3)4/h7-12,17-18,31-32H,1,3,13-14H2,2,4-6H3. The first-order chi connectivity index (χ1) is 19.5. The molecule has 6 nitrogen and oxygen atoms in total. The van der Waals surface area contributed by atoms with Gasteiger partial charge in [0, 0.05) is 33.7 Å². The maximum absolute atomic E-state index is 12.7. The third-order valence-corrected chi connectivity index (χ3v) is 11.5. The monoisotopic (exact) mass is 646 g/mol. The molecule has 4 aromatic rings. The van der Waals surface area contributed by atoms with Crippen LogP contribution >= 0.6 is 57.1 Å². The molecule has 0 aliphatic rings. The van der Waals surface area contributed by atoms with Gasteiger partial charge >= 0.3 is 11.9 Å². The van der Waals surface area contributed by atoms with Crippen LogP contribution in [0.1, 0.15) is 38.8 Å². The molecule has 4 heterocycles. The van der Waals surface area contributed by atoms with Gasteiger partial charge in [0.2, 0.25) is 0 Å². The fourth-order valence-electron chi connectivity index (χ4n) is 3.81. The largest absolute Gasteiger partial charge is 0.411 e. The molecule has 2 N–H and O–H groups in total. The lowest BCUT2D eigenvalue weighted by atomic mass is 10.1. The predicted octanol–water partition coefficient (Wildman–Crippen LogP) is 8.23. The first kappa shape index (κ1) is 31.4. The van der Waals surface area contributed by atoms with E-state index in [4.69, 9.17) is 9.47 Å². The number of aliphatic hydroxyl groups excluding tert-OH is 2. The molecule has 0 fully saturated rings. The van der Waals surface area contributed by atoms with Crippen LogP contribution in [-0.2, 0) is 22.4 Å². The molecular formula is C30H30O6S5. The van der Waals surface area contributed by atoms with Crippen LogP contribution in [-0.4, -0.2) is 34.4 Å². The van der Waals surface area contributed by atoms with E-state index in [9.17, 15) is 19.8 Å². The first-order valence-electron chi connectivity index (χ1n) is 12.6. The van der Waals surface area contributed by atoms with E-state index in [2.05, 4.69) is 13.2 Å². The summed E-state index contributed by atoms with van der Waals surface area (Å²) in [6.07, 6.45) is -0.723. The molecule has 0 saturated heterocycles. The molecule has 0 bridgehead atoms. The van der Waals surface area contributed by atoms with E-state index < -0.39 is 24.1 Å². The van der Waals surface area contributed by atoms with Crippen LogP contribution in [0.15, 0.2) is 69.1 Å². The summed E-state index contributed by atoms with van der Waals surface area (Å²) in [5.41, 5.74) is 2.16. The van der Waals surface area contributed by atoms with Crippen LogP contribution in [0.2, 0.25) is 0 Å². The van der Waals surface area contributed by atoms with Crippen LogP contribution in [0.25, 0.3) is 19.5 Å². The van der Waals surface area contributed by atoms with Crippen LogP contribution in [0, 0.1) is 0 Å². The number of thiophene rings is 4. The van der Waals surface area contributed by atoms with Crippen molar-refractivity contribution in [3.63, 3.8) is 0 Å². The van der Waals surface area contributed by atoms with Gasteiger partial charge in [0.05, 0.1) is 31.8 Å². The summed E-state index contributed by atoms with van der Waals surface area (Å²) >= 11 is 7.08. The Hall–Kier alpha value is -2.51. The van der Waals surface area contributed by atoms with Crippen molar-refractivity contribution in [2.45, 2.75) is 62.5 Å². The molecule has 11 heteroatoms. The maximum atomic E-state index is 12.7. The van der Waals surface area contributed by atoms with Gasteiger partial charge in [-0.05, 0) is 61.7 Å². The molecule has 4 rings (SSSR count). The van der Waals surface area contributed by atoms with Crippen LogP contribution in [0.3, 0.4) is 0 Å². The van der Waals surface area contributed by atoms with Gasteiger partial charge in [0.1, 0.15) is 0 Å². The smallest absolute Gasteiger partial charge is 0.339 e. The van der Waals surface area contributed by atoms with E-state index in [1.807, 2.05) is 35.0 Å². The van der Waals surface area contributed by atoms with Crippen LogP contribution < -0.4 is 9.47 Å². The number of rotatable bonds is 12. The molecule has 41 heavy (non-hydrogen) atoms. The normalized spacial score (nSPS) is 12.6. The molecule has 2 unspecified atom stereocenters. The first-order valence-corrected chi connectivity index (χ1v) is 16.9. The second-order valence-corrected chi connectivity index (χ2v) is 14.4. The van der Waals surface area contributed by atoms with E-state index in [0.29, 0.717) is 32.8 Å². The minimum atomic E-state index is -0.672. The van der Waals surface area contributed by atoms with E-state index in [1.54, 1.807) is 50.4 Å². The highest BCUT2D eigenvalue weighted by Gasteiger charge is 2.30. The van der Waals surface area contributed by atoms with Crippen molar-refractivity contribution in [3.8, 4) is 29.6 Å². The average molecular weight is 647 g/mol. The summed E-state index contributed by atoms with van der Waals surface area (Å²) in [5, 5.41) is 25.7. The third kappa shape index (κ3) is 7.47. The maximum Gasteiger partial charge on any atom is 0.339 e. The molecule has 0 aliphatic heterocycles. The Labute approximate surface area is 259 Å². The quantitative estimate of drug-likeness (QED) is 0.118. The van der Waals surface area contributed by atoms with Gasteiger partial charge in [-0.15, -0.1) is 22.7 Å². The van der Waals surface area contributed by atoms with Gasteiger partial charge in [-0.3, -0.25) is 0 Å². The predicted molar refractivity (Wildman–Crippen MR) is 171 cm³/mol. The second-order valence-electron chi connectivity index (χ2n) is 9.56. The Bertz CT molecular complexity index is 1440. The molecular weight excluding hydrogens is 617 g/mol. The molecule has 0 aliphatic carbocycles. The number of ether oxygens (including phenoxy) is 2. The Morgan fingerprint density at radius 3 is 1.49 bits per heavy atom. The number of aliphatic hydroxyl groups is 2. The number of carbonyl (C=O) groups is 2. The minimum Gasteiger partial charge on any atom is -0.411 e. The van der Waals surface area contributed by atoms with Crippen molar-refractivity contribution < 1.29 is 29.3 Å². The Morgan fingerprint density at radius 1 is 0.805 bits per heavy atom. The van der Waals surface area contributed by atoms with Gasteiger partial charge in [-0.1, -0.05) is 59.7 Å². The summed E-state index contributed by atoms with van der Waals surface area (Å²) in [7, 11) is 0. The molecule has 2 atom stereocenters. The molecule has 216 valence electrons. The van der Waals surface area contributed by atoms with Gasteiger partial charge in [0.25, 0.3) is 0 Å². The average Bonchev–Trinajstić information content (AvgIpc) is 3.69. The van der Waals surface area contributed by atoms with Gasteiger partial charge in [-0.25, -0.2) is 9.59 Å². The van der Waals surface area contributed by atoms with Gasteiger partial charge in [0.15, 0.2) is 10.1 Å². The SMILES string of the molecule is C=C(C)C(=O)Oc1sc(-c2cccs2)c(CC(C)O)c1Sc1c(OC(=O)C(=C)C)sc(-c2cccs2)c1CC(C)O. The zero-order valence-corrected chi connectivity index (χ0v) is 27.1. The van der Waals surface area contributed by atoms with Gasteiger partial charge < -0.3 is 19.7 Å². The Balaban J connectivity index is 1.97.